The van der Waals surface area contributed by atoms with Gasteiger partial charge in [-0.2, -0.15) is 0 Å². The Morgan fingerprint density at radius 2 is 2.18 bits per heavy atom. The van der Waals surface area contributed by atoms with E-state index < -0.39 is 0 Å². The second-order valence-electron chi connectivity index (χ2n) is 3.64. The number of nitrogens with two attached hydrogens (primary N) is 1. The van der Waals surface area contributed by atoms with Crippen molar-refractivity contribution in [2.75, 3.05) is 11.1 Å². The molecule has 86 valence electrons. The van der Waals surface area contributed by atoms with Crippen LogP contribution in [-0.2, 0) is 0 Å². The Morgan fingerprint density at radius 3 is 2.88 bits per heavy atom. The maximum atomic E-state index is 11.9. The van der Waals surface area contributed by atoms with Crippen molar-refractivity contribution in [3.8, 4) is 0 Å². The molecule has 0 bridgehead atoms. The van der Waals surface area contributed by atoms with Gasteiger partial charge in [-0.3, -0.25) is 9.78 Å². The van der Waals surface area contributed by atoms with E-state index in [-0.39, 0.29) is 5.91 Å². The molecule has 2 rings (SSSR count). The van der Waals surface area contributed by atoms with Gasteiger partial charge in [0.25, 0.3) is 5.91 Å². The van der Waals surface area contributed by atoms with Crippen LogP contribution >= 0.6 is 0 Å². The van der Waals surface area contributed by atoms with Gasteiger partial charge in [-0.15, -0.1) is 0 Å². The zero-order chi connectivity index (χ0) is 12.3. The average molecular weight is 228 g/mol. The molecule has 0 saturated carbocycles. The van der Waals surface area contributed by atoms with Crippen molar-refractivity contribution in [1.82, 2.24) is 9.97 Å². The molecule has 1 amide bonds. The molecule has 1 aromatic heterocycles. The number of rotatable bonds is 2. The molecule has 0 atom stereocenters. The zero-order valence-corrected chi connectivity index (χ0v) is 9.34. The van der Waals surface area contributed by atoms with Crippen LogP contribution in [0, 0.1) is 6.92 Å². The average Bonchev–Trinajstić information content (AvgIpc) is 2.33. The fraction of sp³-hybridized carbons (Fsp3) is 0.0833. The van der Waals surface area contributed by atoms with Crippen LogP contribution in [-0.4, -0.2) is 15.9 Å². The van der Waals surface area contributed by atoms with Gasteiger partial charge in [-0.1, -0.05) is 11.6 Å². The number of hydrogen-bond donors (Lipinski definition) is 2. The Bertz CT molecular complexity index is 539. The molecule has 0 aliphatic rings. The first-order valence-electron chi connectivity index (χ1n) is 5.10. The lowest BCUT2D eigenvalue weighted by molar-refractivity contribution is 0.102. The molecule has 5 nitrogen and oxygen atoms in total. The number of benzene rings is 1. The first-order valence-corrected chi connectivity index (χ1v) is 5.10. The molecule has 0 radical (unpaired) electrons. The molecule has 0 fully saturated rings. The Kier molecular flexibility index (Phi) is 3.00. The van der Waals surface area contributed by atoms with Gasteiger partial charge in [-0.05, 0) is 19.1 Å². The van der Waals surface area contributed by atoms with Gasteiger partial charge in [0, 0.05) is 18.1 Å². The summed E-state index contributed by atoms with van der Waals surface area (Å²) in [5, 5.41) is 2.63. The summed E-state index contributed by atoms with van der Waals surface area (Å²) < 4.78 is 0. The topological polar surface area (TPSA) is 80.9 Å². The van der Waals surface area contributed by atoms with Crippen LogP contribution in [0.3, 0.4) is 0 Å². The predicted molar refractivity (Wildman–Crippen MR) is 65.6 cm³/mol. The zero-order valence-electron chi connectivity index (χ0n) is 9.34. The number of nitrogens with zero attached hydrogens (tertiary/aromatic N) is 2. The lowest BCUT2D eigenvalue weighted by Gasteiger charge is -2.07. The summed E-state index contributed by atoms with van der Waals surface area (Å²) in [7, 11) is 0. The van der Waals surface area contributed by atoms with Crippen LogP contribution in [0.15, 0.2) is 36.8 Å². The fourth-order valence-corrected chi connectivity index (χ4v) is 1.41. The summed E-state index contributed by atoms with van der Waals surface area (Å²) in [4.78, 5) is 19.8. The van der Waals surface area contributed by atoms with Crippen LogP contribution in [0.4, 0.5) is 11.5 Å². The van der Waals surface area contributed by atoms with E-state index in [9.17, 15) is 4.79 Å². The maximum absolute atomic E-state index is 11.9. The number of aryl methyl sites for hydroxylation is 1. The van der Waals surface area contributed by atoms with Crippen molar-refractivity contribution >= 4 is 17.4 Å². The smallest absolute Gasteiger partial charge is 0.258 e. The van der Waals surface area contributed by atoms with Gasteiger partial charge < -0.3 is 11.1 Å². The van der Waals surface area contributed by atoms with E-state index in [1.165, 1.54) is 18.6 Å². The highest BCUT2D eigenvalue weighted by Crippen LogP contribution is 2.15. The van der Waals surface area contributed by atoms with E-state index >= 15 is 0 Å². The number of carbonyl (C=O) groups excluding carboxylic acids is 1. The van der Waals surface area contributed by atoms with E-state index in [4.69, 9.17) is 5.73 Å². The van der Waals surface area contributed by atoms with Crippen molar-refractivity contribution in [1.29, 1.82) is 0 Å². The third-order valence-electron chi connectivity index (χ3n) is 2.26. The van der Waals surface area contributed by atoms with E-state index in [2.05, 4.69) is 15.3 Å². The van der Waals surface area contributed by atoms with E-state index in [0.717, 1.165) is 5.56 Å². The first kappa shape index (κ1) is 11.1. The lowest BCUT2D eigenvalue weighted by Crippen LogP contribution is -2.15. The summed E-state index contributed by atoms with van der Waals surface area (Å²) in [6.07, 6.45) is 4.52. The molecule has 0 spiro atoms. The third-order valence-corrected chi connectivity index (χ3v) is 2.26. The summed E-state index contributed by atoms with van der Waals surface area (Å²) in [5.41, 5.74) is 7.60. The number of aromatic nitrogens is 2. The number of anilines is 2. The van der Waals surface area contributed by atoms with Crippen molar-refractivity contribution in [2.24, 2.45) is 0 Å². The molecule has 1 aromatic carbocycles. The molecule has 3 N–H and O–H groups in total. The van der Waals surface area contributed by atoms with Gasteiger partial charge in [0.05, 0.1) is 11.8 Å². The Morgan fingerprint density at radius 1 is 1.35 bits per heavy atom. The minimum absolute atomic E-state index is 0.285. The molecule has 17 heavy (non-hydrogen) atoms. The SMILES string of the molecule is Cc1ccc(N)c(C(=O)Nc2cnccn2)c1. The largest absolute Gasteiger partial charge is 0.398 e. The van der Waals surface area contributed by atoms with Gasteiger partial charge in [-0.25, -0.2) is 4.98 Å². The molecule has 0 aliphatic carbocycles. The second kappa shape index (κ2) is 4.61. The van der Waals surface area contributed by atoms with Crippen LogP contribution in [0.2, 0.25) is 0 Å². The van der Waals surface area contributed by atoms with Crippen molar-refractivity contribution in [3.05, 3.63) is 47.9 Å². The Labute approximate surface area is 98.7 Å². The van der Waals surface area contributed by atoms with E-state index in [1.54, 1.807) is 12.1 Å². The molecule has 0 saturated heterocycles. The van der Waals surface area contributed by atoms with Crippen molar-refractivity contribution < 1.29 is 4.79 Å². The second-order valence-corrected chi connectivity index (χ2v) is 3.64. The van der Waals surface area contributed by atoms with Crippen LogP contribution in [0.25, 0.3) is 0 Å². The van der Waals surface area contributed by atoms with E-state index in [0.29, 0.717) is 17.1 Å². The highest BCUT2D eigenvalue weighted by Gasteiger charge is 2.10. The quantitative estimate of drug-likeness (QED) is 0.765. The van der Waals surface area contributed by atoms with Crippen molar-refractivity contribution in [3.63, 3.8) is 0 Å². The van der Waals surface area contributed by atoms with Crippen LogP contribution < -0.4 is 11.1 Å². The van der Waals surface area contributed by atoms with Gasteiger partial charge in [0.2, 0.25) is 0 Å². The van der Waals surface area contributed by atoms with E-state index in [1.807, 2.05) is 13.0 Å². The van der Waals surface area contributed by atoms with Gasteiger partial charge >= 0.3 is 0 Å². The summed E-state index contributed by atoms with van der Waals surface area (Å²) >= 11 is 0. The number of nitrogens with one attached hydrogen (secondary N) is 1. The monoisotopic (exact) mass is 228 g/mol. The van der Waals surface area contributed by atoms with Crippen molar-refractivity contribution in [2.45, 2.75) is 6.92 Å². The number of hydrogen-bond acceptors (Lipinski definition) is 4. The molecule has 0 aliphatic heterocycles. The molecule has 5 heteroatoms. The molecule has 0 unspecified atom stereocenters. The summed E-state index contributed by atoms with van der Waals surface area (Å²) in [5.74, 6) is 0.116. The number of nitrogen functional groups attached to an aromatic ring is 1. The highest BCUT2D eigenvalue weighted by molar-refractivity contribution is 6.07. The Balaban J connectivity index is 2.23. The van der Waals surface area contributed by atoms with Crippen LogP contribution in [0.1, 0.15) is 15.9 Å². The third kappa shape index (κ3) is 2.57. The molecule has 2 aromatic rings. The standard InChI is InChI=1S/C12H12N4O/c1-8-2-3-10(13)9(6-8)12(17)16-11-7-14-4-5-15-11/h2-7H,13H2,1H3,(H,15,16,17). The maximum Gasteiger partial charge on any atom is 0.258 e. The molecule has 1 heterocycles. The minimum Gasteiger partial charge on any atom is -0.398 e. The first-order chi connectivity index (χ1) is 8.16. The van der Waals surface area contributed by atoms with Gasteiger partial charge in [0.15, 0.2) is 5.82 Å². The number of amides is 1. The highest BCUT2D eigenvalue weighted by atomic mass is 16.1. The minimum atomic E-state index is -0.285. The molecular formula is C12H12N4O. The predicted octanol–water partition coefficient (Wildman–Crippen LogP) is 1.62. The number of carbonyl (C=O) groups is 1. The molecular weight excluding hydrogens is 216 g/mol. The van der Waals surface area contributed by atoms with Crippen LogP contribution in [0.5, 0.6) is 0 Å². The fourth-order valence-electron chi connectivity index (χ4n) is 1.41. The summed E-state index contributed by atoms with van der Waals surface area (Å²) in [6, 6.07) is 5.30. The Hall–Kier alpha value is -2.43. The lowest BCUT2D eigenvalue weighted by atomic mass is 10.1. The normalized spacial score (nSPS) is 9.94. The summed E-state index contributed by atoms with van der Waals surface area (Å²) in [6.45, 7) is 1.90. The van der Waals surface area contributed by atoms with Gasteiger partial charge in [0.1, 0.15) is 0 Å².